The number of thioether (sulfide) groups is 1. The number of piperazine rings is 1. The maximum atomic E-state index is 13.5. The van der Waals surface area contributed by atoms with Crippen molar-refractivity contribution in [1.82, 2.24) is 14.0 Å². The van der Waals surface area contributed by atoms with Crippen molar-refractivity contribution in [3.05, 3.63) is 90.5 Å². The Morgan fingerprint density at radius 2 is 1.52 bits per heavy atom. The summed E-state index contributed by atoms with van der Waals surface area (Å²) >= 11 is 1.81. The average molecular weight is 601 g/mol. The van der Waals surface area contributed by atoms with Crippen molar-refractivity contribution in [2.75, 3.05) is 31.1 Å². The first-order valence-electron chi connectivity index (χ1n) is 12.5. The van der Waals surface area contributed by atoms with Crippen molar-refractivity contribution in [3.63, 3.8) is 0 Å². The molecule has 2 fully saturated rings. The van der Waals surface area contributed by atoms with Crippen LogP contribution in [0.3, 0.4) is 0 Å². The van der Waals surface area contributed by atoms with E-state index in [-0.39, 0.29) is 35.5 Å². The zero-order valence-corrected chi connectivity index (χ0v) is 23.8. The molecule has 0 bridgehead atoms. The fourth-order valence-corrected chi connectivity index (χ4v) is 7.93. The van der Waals surface area contributed by atoms with E-state index in [4.69, 9.17) is 4.74 Å². The van der Waals surface area contributed by atoms with Crippen LogP contribution >= 0.6 is 11.8 Å². The number of hydrogen-bond donors (Lipinski definition) is 1. The standard InChI is InChI=1S/C27H28N4O6S3/c32-27(29-28-17-21-8-7-9-22(16-21)37-23-19-38-20-23)26-18-30(39(33,34)24-10-3-1-4-11-24)14-15-31(26)40(35,36)25-12-5-2-6-13-25/h1-13,16-17,23,26H,14-15,18-20H2,(H,29,32)/b28-17-/t26-/m0/s1. The first kappa shape index (κ1) is 28.3. The number of nitrogens with one attached hydrogen (secondary N) is 1. The highest BCUT2D eigenvalue weighted by molar-refractivity contribution is 8.00. The number of hydrazone groups is 1. The van der Waals surface area contributed by atoms with E-state index in [1.807, 2.05) is 23.9 Å². The predicted molar refractivity (Wildman–Crippen MR) is 153 cm³/mol. The summed E-state index contributed by atoms with van der Waals surface area (Å²) < 4.78 is 61.7. The summed E-state index contributed by atoms with van der Waals surface area (Å²) in [6.07, 6.45) is 1.60. The molecule has 0 aromatic heterocycles. The summed E-state index contributed by atoms with van der Waals surface area (Å²) in [5.74, 6) is 1.82. The topological polar surface area (TPSA) is 125 Å². The molecule has 1 amide bonds. The Bertz CT molecular complexity index is 1580. The van der Waals surface area contributed by atoms with Gasteiger partial charge in [-0.3, -0.25) is 4.79 Å². The second-order valence-corrected chi connectivity index (χ2v) is 14.1. The van der Waals surface area contributed by atoms with E-state index in [9.17, 15) is 21.6 Å². The van der Waals surface area contributed by atoms with Gasteiger partial charge in [-0.25, -0.2) is 22.3 Å². The minimum Gasteiger partial charge on any atom is -0.489 e. The lowest BCUT2D eigenvalue weighted by Gasteiger charge is -2.38. The molecule has 2 heterocycles. The number of benzene rings is 3. The number of rotatable bonds is 9. The number of carbonyl (C=O) groups excluding carboxylic acids is 1. The van der Waals surface area contributed by atoms with Gasteiger partial charge in [-0.2, -0.15) is 25.5 Å². The first-order valence-corrected chi connectivity index (χ1v) is 16.6. The van der Waals surface area contributed by atoms with Gasteiger partial charge in [-0.15, -0.1) is 0 Å². The molecule has 3 aromatic rings. The molecule has 210 valence electrons. The van der Waals surface area contributed by atoms with E-state index in [2.05, 4.69) is 10.5 Å². The van der Waals surface area contributed by atoms with Crippen molar-refractivity contribution in [2.24, 2.45) is 5.10 Å². The average Bonchev–Trinajstić information content (AvgIpc) is 2.96. The zero-order valence-electron chi connectivity index (χ0n) is 21.4. The molecule has 0 unspecified atom stereocenters. The highest BCUT2D eigenvalue weighted by Crippen LogP contribution is 2.26. The van der Waals surface area contributed by atoms with Gasteiger partial charge in [0.05, 0.1) is 16.0 Å². The summed E-state index contributed by atoms with van der Waals surface area (Å²) in [5, 5.41) is 4.03. The van der Waals surface area contributed by atoms with Crippen molar-refractivity contribution in [1.29, 1.82) is 0 Å². The Balaban J connectivity index is 1.37. The fourth-order valence-electron chi connectivity index (χ4n) is 4.32. The summed E-state index contributed by atoms with van der Waals surface area (Å²) in [6, 6.07) is 21.5. The smallest absolute Gasteiger partial charge is 0.259 e. The first-order chi connectivity index (χ1) is 19.2. The lowest BCUT2D eigenvalue weighted by atomic mass is 10.2. The lowest BCUT2D eigenvalue weighted by Crippen LogP contribution is -2.60. The third-order valence-corrected chi connectivity index (χ3v) is 11.5. The van der Waals surface area contributed by atoms with Crippen LogP contribution in [-0.2, 0) is 24.8 Å². The normalized spacial score (nSPS) is 19.2. The molecule has 0 aliphatic carbocycles. The van der Waals surface area contributed by atoms with Crippen molar-refractivity contribution in [2.45, 2.75) is 21.9 Å². The Kier molecular flexibility index (Phi) is 8.57. The molecular formula is C27H28N4O6S3. The zero-order chi connectivity index (χ0) is 28.2. The van der Waals surface area contributed by atoms with Crippen LogP contribution in [0.1, 0.15) is 5.56 Å². The van der Waals surface area contributed by atoms with Crippen LogP contribution in [0.2, 0.25) is 0 Å². The molecule has 2 aliphatic rings. The Morgan fingerprint density at radius 3 is 2.15 bits per heavy atom. The van der Waals surface area contributed by atoms with E-state index >= 15 is 0 Å². The fraction of sp³-hybridized carbons (Fsp3) is 0.259. The van der Waals surface area contributed by atoms with Crippen molar-refractivity contribution >= 4 is 43.9 Å². The molecule has 40 heavy (non-hydrogen) atoms. The van der Waals surface area contributed by atoms with Gasteiger partial charge < -0.3 is 4.74 Å². The Morgan fingerprint density at radius 1 is 0.875 bits per heavy atom. The summed E-state index contributed by atoms with van der Waals surface area (Å²) in [6.45, 7) is -0.681. The van der Waals surface area contributed by atoms with E-state index in [1.165, 1.54) is 30.5 Å². The molecular weight excluding hydrogens is 573 g/mol. The van der Waals surface area contributed by atoms with Gasteiger partial charge in [-0.05, 0) is 42.0 Å². The molecule has 1 atom stereocenters. The monoisotopic (exact) mass is 600 g/mol. The maximum absolute atomic E-state index is 13.5. The van der Waals surface area contributed by atoms with Crippen LogP contribution in [0.15, 0.2) is 99.8 Å². The van der Waals surface area contributed by atoms with Crippen LogP contribution in [0.4, 0.5) is 0 Å². The molecule has 0 saturated carbocycles. The van der Waals surface area contributed by atoms with Gasteiger partial charge >= 0.3 is 0 Å². The molecule has 2 aliphatic heterocycles. The second kappa shape index (κ2) is 12.1. The summed E-state index contributed by atoms with van der Waals surface area (Å²) in [4.78, 5) is 13.4. The Hall–Kier alpha value is -3.23. The van der Waals surface area contributed by atoms with E-state index in [1.54, 1.807) is 48.5 Å². The number of ether oxygens (including phenoxy) is 1. The van der Waals surface area contributed by atoms with Crippen molar-refractivity contribution in [3.8, 4) is 5.75 Å². The van der Waals surface area contributed by atoms with Gasteiger partial charge in [0.2, 0.25) is 20.0 Å². The maximum Gasteiger partial charge on any atom is 0.259 e. The number of hydrogen-bond acceptors (Lipinski definition) is 8. The quantitative estimate of drug-likeness (QED) is 0.295. The number of nitrogens with zero attached hydrogens (tertiary/aromatic N) is 3. The lowest BCUT2D eigenvalue weighted by molar-refractivity contribution is -0.125. The van der Waals surface area contributed by atoms with Crippen LogP contribution in [0.25, 0.3) is 0 Å². The molecule has 0 spiro atoms. The van der Waals surface area contributed by atoms with Gasteiger partial charge in [-0.1, -0.05) is 48.5 Å². The number of sulfonamides is 2. The van der Waals surface area contributed by atoms with E-state index in [0.29, 0.717) is 11.3 Å². The van der Waals surface area contributed by atoms with Crippen molar-refractivity contribution < 1.29 is 26.4 Å². The third-order valence-electron chi connectivity index (χ3n) is 6.48. The van der Waals surface area contributed by atoms with Gasteiger partial charge in [0, 0.05) is 31.1 Å². The summed E-state index contributed by atoms with van der Waals surface area (Å²) in [7, 11) is -8.06. The number of amides is 1. The molecule has 0 radical (unpaired) electrons. The highest BCUT2D eigenvalue weighted by Gasteiger charge is 2.43. The minimum absolute atomic E-state index is 0.0114. The Labute approximate surface area is 238 Å². The molecule has 1 N–H and O–H groups in total. The molecule has 5 rings (SSSR count). The molecule has 10 nitrogen and oxygen atoms in total. The molecule has 13 heteroatoms. The molecule has 3 aromatic carbocycles. The third kappa shape index (κ3) is 6.23. The van der Waals surface area contributed by atoms with Gasteiger partial charge in [0.1, 0.15) is 17.9 Å². The van der Waals surface area contributed by atoms with Gasteiger partial charge in [0.15, 0.2) is 0 Å². The van der Waals surface area contributed by atoms with E-state index < -0.39 is 32.0 Å². The SMILES string of the molecule is O=C(N/N=C\c1cccc(OC2CSC2)c1)[C@@H]1CN(S(=O)(=O)c2ccccc2)CCN1S(=O)(=O)c1ccccc1. The minimum atomic E-state index is -4.10. The number of carbonyl (C=O) groups is 1. The summed E-state index contributed by atoms with van der Waals surface area (Å²) in [5.41, 5.74) is 3.08. The van der Waals surface area contributed by atoms with Crippen LogP contribution in [-0.4, -0.2) is 80.9 Å². The van der Waals surface area contributed by atoms with Gasteiger partial charge in [0.25, 0.3) is 5.91 Å². The predicted octanol–water partition coefficient (Wildman–Crippen LogP) is 2.39. The largest absolute Gasteiger partial charge is 0.489 e. The van der Waals surface area contributed by atoms with Crippen LogP contribution in [0, 0.1) is 0 Å². The second-order valence-electron chi connectivity index (χ2n) is 9.20. The van der Waals surface area contributed by atoms with Crippen LogP contribution in [0.5, 0.6) is 5.75 Å². The highest BCUT2D eigenvalue weighted by atomic mass is 32.2. The van der Waals surface area contributed by atoms with Crippen LogP contribution < -0.4 is 10.2 Å². The van der Waals surface area contributed by atoms with E-state index in [0.717, 1.165) is 20.1 Å². The molecule has 2 saturated heterocycles.